The van der Waals surface area contributed by atoms with E-state index < -0.39 is 0 Å². The predicted molar refractivity (Wildman–Crippen MR) is 86.3 cm³/mol. The fraction of sp³-hybridized carbons (Fsp3) is 0.714. The number of nitrogen functional groups attached to an aromatic ring is 1. The van der Waals surface area contributed by atoms with Gasteiger partial charge in [0.15, 0.2) is 5.13 Å². The van der Waals surface area contributed by atoms with E-state index in [1.54, 1.807) is 11.9 Å². The number of aromatic nitrogens is 1. The molecule has 0 atom stereocenters. The number of rotatable bonds is 5. The number of anilines is 2. The van der Waals surface area contributed by atoms with Gasteiger partial charge in [-0.15, -0.1) is 0 Å². The van der Waals surface area contributed by atoms with Crippen molar-refractivity contribution in [3.05, 3.63) is 4.88 Å². The first kappa shape index (κ1) is 16.8. The average molecular weight is 298 g/mol. The molecule has 0 unspecified atom stereocenters. The Morgan fingerprint density at radius 3 is 2.55 bits per heavy atom. The van der Waals surface area contributed by atoms with Crippen LogP contribution in [0.3, 0.4) is 0 Å². The Morgan fingerprint density at radius 1 is 1.45 bits per heavy atom. The molecule has 1 amide bonds. The van der Waals surface area contributed by atoms with Crippen molar-refractivity contribution < 1.29 is 4.79 Å². The van der Waals surface area contributed by atoms with E-state index in [0.717, 1.165) is 13.0 Å². The zero-order valence-corrected chi connectivity index (χ0v) is 14.1. The van der Waals surface area contributed by atoms with E-state index in [1.807, 2.05) is 20.8 Å². The Hall–Kier alpha value is -1.30. The lowest BCUT2D eigenvalue weighted by atomic mass is 10.1. The number of hydrogen-bond acceptors (Lipinski definition) is 5. The minimum atomic E-state index is -0.103. The third-order valence-corrected chi connectivity index (χ3v) is 3.69. The van der Waals surface area contributed by atoms with Crippen molar-refractivity contribution in [3.63, 3.8) is 0 Å². The van der Waals surface area contributed by atoms with Gasteiger partial charge in [-0.3, -0.25) is 4.79 Å². The van der Waals surface area contributed by atoms with Crippen LogP contribution in [0, 0.1) is 5.92 Å². The maximum atomic E-state index is 12.3. The van der Waals surface area contributed by atoms with E-state index in [-0.39, 0.29) is 11.4 Å². The highest BCUT2D eigenvalue weighted by molar-refractivity contribution is 7.18. The quantitative estimate of drug-likeness (QED) is 0.876. The van der Waals surface area contributed by atoms with E-state index in [4.69, 9.17) is 5.73 Å². The van der Waals surface area contributed by atoms with Crippen molar-refractivity contribution in [2.24, 2.45) is 5.92 Å². The van der Waals surface area contributed by atoms with Gasteiger partial charge in [0.25, 0.3) is 5.91 Å². The van der Waals surface area contributed by atoms with Crippen LogP contribution in [-0.4, -0.2) is 34.9 Å². The van der Waals surface area contributed by atoms with Crippen molar-refractivity contribution in [2.45, 2.75) is 46.6 Å². The van der Waals surface area contributed by atoms with Gasteiger partial charge in [-0.1, -0.05) is 25.2 Å². The first-order chi connectivity index (χ1) is 9.10. The lowest BCUT2D eigenvalue weighted by Gasteiger charge is -2.19. The summed E-state index contributed by atoms with van der Waals surface area (Å²) in [6, 6.07) is 0. The maximum absolute atomic E-state index is 12.3. The van der Waals surface area contributed by atoms with Gasteiger partial charge in [0.05, 0.1) is 0 Å². The normalized spacial score (nSPS) is 11.8. The van der Waals surface area contributed by atoms with E-state index >= 15 is 0 Å². The highest BCUT2D eigenvalue weighted by Crippen LogP contribution is 2.28. The first-order valence-corrected chi connectivity index (χ1v) is 7.71. The third kappa shape index (κ3) is 5.00. The minimum Gasteiger partial charge on any atom is -0.382 e. The van der Waals surface area contributed by atoms with Gasteiger partial charge in [0.2, 0.25) is 0 Å². The zero-order valence-electron chi connectivity index (χ0n) is 13.3. The van der Waals surface area contributed by atoms with Crippen LogP contribution < -0.4 is 11.1 Å². The molecule has 0 saturated heterocycles. The number of nitrogens with two attached hydrogens (primary N) is 1. The highest BCUT2D eigenvalue weighted by Gasteiger charge is 2.21. The molecule has 114 valence electrons. The molecular weight excluding hydrogens is 272 g/mol. The smallest absolute Gasteiger partial charge is 0.267 e. The summed E-state index contributed by atoms with van der Waals surface area (Å²) < 4.78 is 0. The zero-order chi connectivity index (χ0) is 15.5. The summed E-state index contributed by atoms with van der Waals surface area (Å²) >= 11 is 1.32. The van der Waals surface area contributed by atoms with Gasteiger partial charge in [-0.05, 0) is 33.1 Å². The predicted octanol–water partition coefficient (Wildman–Crippen LogP) is 3.05. The van der Waals surface area contributed by atoms with Crippen LogP contribution in [0.4, 0.5) is 10.9 Å². The van der Waals surface area contributed by atoms with Gasteiger partial charge >= 0.3 is 0 Å². The van der Waals surface area contributed by atoms with Crippen LogP contribution in [0.5, 0.6) is 0 Å². The molecule has 0 aromatic carbocycles. The molecule has 1 heterocycles. The number of carbonyl (C=O) groups is 1. The van der Waals surface area contributed by atoms with E-state index in [9.17, 15) is 4.79 Å². The number of amides is 1. The van der Waals surface area contributed by atoms with Gasteiger partial charge in [0.1, 0.15) is 10.7 Å². The van der Waals surface area contributed by atoms with Crippen LogP contribution in [0.2, 0.25) is 0 Å². The molecule has 6 heteroatoms. The Bertz CT molecular complexity index is 462. The van der Waals surface area contributed by atoms with Crippen LogP contribution in [0.1, 0.15) is 50.7 Å². The average Bonchev–Trinajstić information content (AvgIpc) is 2.63. The first-order valence-electron chi connectivity index (χ1n) is 6.90. The number of hydrogen-bond donors (Lipinski definition) is 2. The number of thiazole rings is 1. The second kappa shape index (κ2) is 6.43. The van der Waals surface area contributed by atoms with Crippen molar-refractivity contribution in [3.8, 4) is 0 Å². The molecule has 0 spiro atoms. The molecular formula is C14H26N4OS. The monoisotopic (exact) mass is 298 g/mol. The summed E-state index contributed by atoms with van der Waals surface area (Å²) in [6.45, 7) is 11.1. The Labute approximate surface area is 125 Å². The lowest BCUT2D eigenvalue weighted by Crippen LogP contribution is -2.28. The molecule has 0 bridgehead atoms. The Morgan fingerprint density at radius 2 is 2.05 bits per heavy atom. The molecule has 0 aliphatic carbocycles. The number of nitrogens with zero attached hydrogens (tertiary/aromatic N) is 2. The highest BCUT2D eigenvalue weighted by atomic mass is 32.1. The molecule has 1 rings (SSSR count). The summed E-state index contributed by atoms with van der Waals surface area (Å²) in [7, 11) is 1.81. The van der Waals surface area contributed by atoms with E-state index in [0.29, 0.717) is 21.7 Å². The molecule has 0 radical (unpaired) electrons. The van der Waals surface area contributed by atoms with Crippen molar-refractivity contribution in [2.75, 3.05) is 24.6 Å². The third-order valence-electron chi connectivity index (χ3n) is 2.72. The van der Waals surface area contributed by atoms with Gasteiger partial charge in [-0.2, -0.15) is 0 Å². The summed E-state index contributed by atoms with van der Waals surface area (Å²) in [5, 5.41) is 3.93. The minimum absolute atomic E-state index is 0.0531. The largest absolute Gasteiger partial charge is 0.382 e. The lowest BCUT2D eigenvalue weighted by molar-refractivity contribution is 0.0794. The van der Waals surface area contributed by atoms with Crippen molar-refractivity contribution in [1.29, 1.82) is 0 Å². The fourth-order valence-electron chi connectivity index (χ4n) is 1.59. The van der Waals surface area contributed by atoms with Crippen LogP contribution in [-0.2, 0) is 0 Å². The molecule has 0 saturated carbocycles. The summed E-state index contributed by atoms with van der Waals surface area (Å²) in [4.78, 5) is 18.8. The van der Waals surface area contributed by atoms with Gasteiger partial charge in [-0.25, -0.2) is 4.98 Å². The SMILES string of the molecule is CC(C)CCN(C)C(=O)c1sc(NC(C)(C)C)nc1N. The molecule has 20 heavy (non-hydrogen) atoms. The second-order valence-electron chi connectivity index (χ2n) is 6.52. The molecule has 1 aromatic heterocycles. The summed E-state index contributed by atoms with van der Waals surface area (Å²) in [5.74, 6) is 0.827. The maximum Gasteiger partial charge on any atom is 0.267 e. The van der Waals surface area contributed by atoms with Gasteiger partial charge in [0, 0.05) is 19.1 Å². The topological polar surface area (TPSA) is 71.2 Å². The molecule has 0 fully saturated rings. The molecule has 0 aliphatic heterocycles. The summed E-state index contributed by atoms with van der Waals surface area (Å²) in [5.41, 5.74) is 5.76. The van der Waals surface area contributed by atoms with Crippen LogP contribution >= 0.6 is 11.3 Å². The molecule has 0 aliphatic rings. The van der Waals surface area contributed by atoms with Gasteiger partial charge < -0.3 is 16.0 Å². The standard InChI is InChI=1S/C14H26N4OS/c1-9(2)7-8-18(6)12(19)10-11(15)16-13(20-10)17-14(3,4)5/h9H,7-8,15H2,1-6H3,(H,16,17). The van der Waals surface area contributed by atoms with Crippen LogP contribution in [0.25, 0.3) is 0 Å². The van der Waals surface area contributed by atoms with Crippen molar-refractivity contribution in [1.82, 2.24) is 9.88 Å². The second-order valence-corrected chi connectivity index (χ2v) is 7.52. The Kier molecular flexibility index (Phi) is 5.39. The molecule has 5 nitrogen and oxygen atoms in total. The Balaban J connectivity index is 2.78. The van der Waals surface area contributed by atoms with E-state index in [1.165, 1.54) is 11.3 Å². The van der Waals surface area contributed by atoms with E-state index in [2.05, 4.69) is 24.1 Å². The molecule has 1 aromatic rings. The molecule has 3 N–H and O–H groups in total. The van der Waals surface area contributed by atoms with Crippen LogP contribution in [0.15, 0.2) is 0 Å². The fourth-order valence-corrected chi connectivity index (χ4v) is 2.67. The number of nitrogens with one attached hydrogen (secondary N) is 1. The summed E-state index contributed by atoms with van der Waals surface area (Å²) in [6.07, 6.45) is 0.980. The van der Waals surface area contributed by atoms with Crippen molar-refractivity contribution >= 4 is 28.2 Å². The number of carbonyl (C=O) groups excluding carboxylic acids is 1.